The third-order valence-corrected chi connectivity index (χ3v) is 1.07. The lowest BCUT2D eigenvalue weighted by Gasteiger charge is -2.03. The highest BCUT2D eigenvalue weighted by Crippen LogP contribution is 2.14. The molecule has 1 aromatic heterocycles. The van der Waals surface area contributed by atoms with Crippen molar-refractivity contribution < 1.29 is 13.3 Å². The summed E-state index contributed by atoms with van der Waals surface area (Å²) in [7, 11) is 0. The fourth-order valence-corrected chi connectivity index (χ4v) is 0.523. The van der Waals surface area contributed by atoms with E-state index in [1.165, 1.54) is 12.3 Å². The molecular formula is C5H6F2N2O. The zero-order valence-electron chi connectivity index (χ0n) is 5.00. The minimum atomic E-state index is -2.59. The summed E-state index contributed by atoms with van der Waals surface area (Å²) in [6.45, 7) is 0. The Kier molecular flexibility index (Phi) is 1.96. The Bertz CT molecular complexity index is 188. The highest BCUT2D eigenvalue weighted by Gasteiger charge is 2.19. The Labute approximate surface area is 55.8 Å². The van der Waals surface area contributed by atoms with Crippen LogP contribution in [0.5, 0.6) is 0 Å². The highest BCUT2D eigenvalue weighted by molar-refractivity contribution is 5.02. The maximum atomic E-state index is 11.8. The van der Waals surface area contributed by atoms with E-state index in [1.54, 1.807) is 0 Å². The van der Waals surface area contributed by atoms with E-state index in [1.807, 2.05) is 0 Å². The first-order valence-corrected chi connectivity index (χ1v) is 2.66. The number of alkyl halides is 2. The lowest BCUT2D eigenvalue weighted by molar-refractivity contribution is 0.113. The van der Waals surface area contributed by atoms with Crippen LogP contribution in [0, 0.1) is 0 Å². The molecule has 0 saturated carbocycles. The highest BCUT2D eigenvalue weighted by atomic mass is 19.3. The van der Waals surface area contributed by atoms with Crippen molar-refractivity contribution >= 4 is 0 Å². The number of hydrogen-bond donors (Lipinski definition) is 1. The van der Waals surface area contributed by atoms with Gasteiger partial charge in [-0.3, -0.25) is 0 Å². The van der Waals surface area contributed by atoms with Crippen molar-refractivity contribution in [1.82, 2.24) is 5.16 Å². The molecule has 1 atom stereocenters. The van der Waals surface area contributed by atoms with E-state index in [0.29, 0.717) is 0 Å². The first kappa shape index (κ1) is 7.14. The predicted octanol–water partition coefficient (Wildman–Crippen LogP) is 0.940. The monoisotopic (exact) mass is 148 g/mol. The summed E-state index contributed by atoms with van der Waals surface area (Å²) >= 11 is 0. The number of aromatic nitrogens is 1. The first-order chi connectivity index (χ1) is 4.72. The molecule has 0 aliphatic rings. The van der Waals surface area contributed by atoms with Crippen molar-refractivity contribution in [2.45, 2.75) is 12.5 Å². The molecular weight excluding hydrogens is 142 g/mol. The minimum Gasteiger partial charge on any atom is -0.364 e. The van der Waals surface area contributed by atoms with Gasteiger partial charge in [0.15, 0.2) is 0 Å². The summed E-state index contributed by atoms with van der Waals surface area (Å²) in [6, 6.07) is -0.0182. The molecule has 0 radical (unpaired) electrons. The summed E-state index contributed by atoms with van der Waals surface area (Å²) in [6.07, 6.45) is -1.39. The lowest BCUT2D eigenvalue weighted by Crippen LogP contribution is -2.18. The Morgan fingerprint density at radius 1 is 1.60 bits per heavy atom. The normalized spacial score (nSPS) is 14.0. The smallest absolute Gasteiger partial charge is 0.259 e. The van der Waals surface area contributed by atoms with Gasteiger partial charge >= 0.3 is 0 Å². The van der Waals surface area contributed by atoms with Crippen molar-refractivity contribution in [2.75, 3.05) is 0 Å². The molecule has 0 bridgehead atoms. The molecule has 0 aliphatic heterocycles. The largest absolute Gasteiger partial charge is 0.364 e. The van der Waals surface area contributed by atoms with Crippen molar-refractivity contribution in [1.29, 1.82) is 0 Å². The third kappa shape index (κ3) is 1.30. The van der Waals surface area contributed by atoms with Gasteiger partial charge in [-0.15, -0.1) is 0 Å². The molecule has 1 heterocycles. The van der Waals surface area contributed by atoms with E-state index >= 15 is 0 Å². The van der Waals surface area contributed by atoms with E-state index in [-0.39, 0.29) is 5.69 Å². The Morgan fingerprint density at radius 2 is 2.30 bits per heavy atom. The molecule has 56 valence electrons. The van der Waals surface area contributed by atoms with Crippen LogP contribution in [0.1, 0.15) is 11.7 Å². The van der Waals surface area contributed by atoms with Crippen molar-refractivity contribution in [2.24, 2.45) is 5.73 Å². The summed E-state index contributed by atoms with van der Waals surface area (Å²) in [5.74, 6) is 0. The molecule has 0 saturated heterocycles. The van der Waals surface area contributed by atoms with Gasteiger partial charge in [0, 0.05) is 6.07 Å². The number of nitrogens with two attached hydrogens (primary N) is 1. The third-order valence-electron chi connectivity index (χ3n) is 1.07. The van der Waals surface area contributed by atoms with Crippen molar-refractivity contribution in [3.63, 3.8) is 0 Å². The van der Waals surface area contributed by atoms with Gasteiger partial charge in [0.05, 0.1) is 0 Å². The van der Waals surface area contributed by atoms with Crippen LogP contribution < -0.4 is 5.73 Å². The molecule has 0 fully saturated rings. The fourth-order valence-electron chi connectivity index (χ4n) is 0.523. The van der Waals surface area contributed by atoms with E-state index in [4.69, 9.17) is 5.73 Å². The predicted molar refractivity (Wildman–Crippen MR) is 29.4 cm³/mol. The van der Waals surface area contributed by atoms with Crippen LogP contribution in [0.25, 0.3) is 0 Å². The second-order valence-corrected chi connectivity index (χ2v) is 1.78. The topological polar surface area (TPSA) is 52.0 Å². The van der Waals surface area contributed by atoms with Gasteiger partial charge in [-0.1, -0.05) is 5.16 Å². The molecule has 2 N–H and O–H groups in total. The molecule has 0 aromatic carbocycles. The Morgan fingerprint density at radius 3 is 2.70 bits per heavy atom. The number of hydrogen-bond acceptors (Lipinski definition) is 3. The van der Waals surface area contributed by atoms with Gasteiger partial charge in [0.2, 0.25) is 0 Å². The first-order valence-electron chi connectivity index (χ1n) is 2.66. The van der Waals surface area contributed by atoms with Crippen LogP contribution in [-0.4, -0.2) is 11.6 Å². The van der Waals surface area contributed by atoms with Crippen LogP contribution in [0.15, 0.2) is 16.9 Å². The molecule has 0 amide bonds. The average molecular weight is 148 g/mol. The van der Waals surface area contributed by atoms with Crippen molar-refractivity contribution in [3.8, 4) is 0 Å². The van der Waals surface area contributed by atoms with Crippen molar-refractivity contribution in [3.05, 3.63) is 18.0 Å². The molecule has 3 nitrogen and oxygen atoms in total. The van der Waals surface area contributed by atoms with Crippen LogP contribution in [0.2, 0.25) is 0 Å². The summed E-state index contributed by atoms with van der Waals surface area (Å²) in [5, 5.41) is 3.26. The van der Waals surface area contributed by atoms with Crippen LogP contribution in [-0.2, 0) is 0 Å². The maximum Gasteiger partial charge on any atom is 0.259 e. The van der Waals surface area contributed by atoms with Gasteiger partial charge in [-0.25, -0.2) is 8.78 Å². The summed E-state index contributed by atoms with van der Waals surface area (Å²) < 4.78 is 27.9. The lowest BCUT2D eigenvalue weighted by atomic mass is 10.2. The molecule has 1 aromatic rings. The van der Waals surface area contributed by atoms with Gasteiger partial charge in [-0.2, -0.15) is 0 Å². The molecule has 1 unspecified atom stereocenters. The van der Waals surface area contributed by atoms with Gasteiger partial charge in [0.1, 0.15) is 18.0 Å². The molecule has 0 aliphatic carbocycles. The molecule has 1 rings (SSSR count). The number of halogens is 2. The number of rotatable bonds is 2. The molecule has 5 heteroatoms. The fraction of sp³-hybridized carbons (Fsp3) is 0.400. The standard InChI is InChI=1S/C5H6F2N2O/c6-5(7)4(8)3-1-2-10-9-3/h1-2,4-5H,8H2. The Balaban J connectivity index is 2.68. The second-order valence-electron chi connectivity index (χ2n) is 1.78. The number of nitrogens with zero attached hydrogens (tertiary/aromatic N) is 1. The zero-order chi connectivity index (χ0) is 7.56. The minimum absolute atomic E-state index is 0.0787. The van der Waals surface area contributed by atoms with E-state index in [0.717, 1.165) is 0 Å². The molecule has 0 spiro atoms. The van der Waals surface area contributed by atoms with Gasteiger partial charge in [-0.05, 0) is 0 Å². The van der Waals surface area contributed by atoms with Crippen LogP contribution >= 0.6 is 0 Å². The van der Waals surface area contributed by atoms with E-state index < -0.39 is 12.5 Å². The molecule has 10 heavy (non-hydrogen) atoms. The SMILES string of the molecule is NC(c1ccon1)C(F)F. The maximum absolute atomic E-state index is 11.8. The van der Waals surface area contributed by atoms with Crippen LogP contribution in [0.3, 0.4) is 0 Å². The summed E-state index contributed by atoms with van der Waals surface area (Å²) in [4.78, 5) is 0. The van der Waals surface area contributed by atoms with Crippen LogP contribution in [0.4, 0.5) is 8.78 Å². The second kappa shape index (κ2) is 2.74. The van der Waals surface area contributed by atoms with E-state index in [9.17, 15) is 8.78 Å². The quantitative estimate of drug-likeness (QED) is 0.679. The summed E-state index contributed by atoms with van der Waals surface area (Å²) in [5.41, 5.74) is 5.09. The van der Waals surface area contributed by atoms with E-state index in [2.05, 4.69) is 9.68 Å². The Hall–Kier alpha value is -0.970. The van der Waals surface area contributed by atoms with Gasteiger partial charge in [0.25, 0.3) is 6.43 Å². The van der Waals surface area contributed by atoms with Gasteiger partial charge < -0.3 is 10.3 Å². The zero-order valence-corrected chi connectivity index (χ0v) is 5.00. The average Bonchev–Trinajstić information content (AvgIpc) is 2.36.